The Morgan fingerprint density at radius 3 is 2.65 bits per heavy atom. The van der Waals surface area contributed by atoms with Gasteiger partial charge in [-0.15, -0.1) is 11.6 Å². The molecule has 0 heterocycles. The van der Waals surface area contributed by atoms with Crippen LogP contribution in [0.3, 0.4) is 0 Å². The van der Waals surface area contributed by atoms with E-state index in [0.29, 0.717) is 0 Å². The molecule has 0 aliphatic carbocycles. The summed E-state index contributed by atoms with van der Waals surface area (Å²) in [5.74, 6) is -2.13. The van der Waals surface area contributed by atoms with Crippen molar-refractivity contribution < 1.29 is 18.7 Å². The fourth-order valence-corrected chi connectivity index (χ4v) is 1.46. The van der Waals surface area contributed by atoms with Crippen molar-refractivity contribution in [2.75, 3.05) is 6.61 Å². The molecular formula is C12H12ClFO3. The van der Waals surface area contributed by atoms with Gasteiger partial charge in [-0.1, -0.05) is 6.07 Å². The van der Waals surface area contributed by atoms with Crippen molar-refractivity contribution in [3.05, 3.63) is 35.1 Å². The van der Waals surface area contributed by atoms with Crippen molar-refractivity contribution in [2.45, 2.75) is 19.2 Å². The fraction of sp³-hybridized carbons (Fsp3) is 0.333. The average Bonchev–Trinajstić information content (AvgIpc) is 2.28. The number of ether oxygens (including phenoxy) is 1. The third kappa shape index (κ3) is 3.03. The van der Waals surface area contributed by atoms with E-state index in [-0.39, 0.29) is 17.7 Å². The standard InChI is InChI=1S/C12H12ClFO3/c1-3-17-12(16)8-5-4-6-9(14)10(8)11(15)7(2)13/h4-7H,3H2,1-2H3. The van der Waals surface area contributed by atoms with E-state index in [1.807, 2.05) is 0 Å². The number of rotatable bonds is 4. The van der Waals surface area contributed by atoms with Crippen LogP contribution in [0.25, 0.3) is 0 Å². The van der Waals surface area contributed by atoms with Gasteiger partial charge in [-0.25, -0.2) is 9.18 Å². The molecule has 1 aromatic carbocycles. The molecule has 0 spiro atoms. The van der Waals surface area contributed by atoms with Gasteiger partial charge < -0.3 is 4.74 Å². The Balaban J connectivity index is 3.26. The van der Waals surface area contributed by atoms with Gasteiger partial charge in [0.05, 0.1) is 23.1 Å². The molecule has 1 unspecified atom stereocenters. The minimum absolute atomic E-state index is 0.0932. The summed E-state index contributed by atoms with van der Waals surface area (Å²) in [6, 6.07) is 3.79. The van der Waals surface area contributed by atoms with Crippen LogP contribution in [0.4, 0.5) is 4.39 Å². The van der Waals surface area contributed by atoms with Gasteiger partial charge in [-0.05, 0) is 26.0 Å². The summed E-state index contributed by atoms with van der Waals surface area (Å²) >= 11 is 5.62. The molecule has 1 rings (SSSR count). The maximum Gasteiger partial charge on any atom is 0.338 e. The van der Waals surface area contributed by atoms with E-state index in [1.54, 1.807) is 6.92 Å². The number of carbonyl (C=O) groups is 2. The minimum atomic E-state index is -0.903. The highest BCUT2D eigenvalue weighted by atomic mass is 35.5. The van der Waals surface area contributed by atoms with Gasteiger partial charge in [0, 0.05) is 0 Å². The van der Waals surface area contributed by atoms with Crippen molar-refractivity contribution in [1.29, 1.82) is 0 Å². The van der Waals surface area contributed by atoms with Crippen LogP contribution in [-0.4, -0.2) is 23.7 Å². The van der Waals surface area contributed by atoms with Crippen LogP contribution in [-0.2, 0) is 4.74 Å². The lowest BCUT2D eigenvalue weighted by Gasteiger charge is -2.09. The molecule has 0 aliphatic heterocycles. The first-order chi connectivity index (χ1) is 7.99. The van der Waals surface area contributed by atoms with Gasteiger partial charge in [0.1, 0.15) is 5.82 Å². The monoisotopic (exact) mass is 258 g/mol. The van der Waals surface area contributed by atoms with Gasteiger partial charge in [0.2, 0.25) is 0 Å². The Morgan fingerprint density at radius 2 is 2.12 bits per heavy atom. The Morgan fingerprint density at radius 1 is 1.47 bits per heavy atom. The molecular weight excluding hydrogens is 247 g/mol. The van der Waals surface area contributed by atoms with E-state index >= 15 is 0 Å². The van der Waals surface area contributed by atoms with Crippen LogP contribution < -0.4 is 0 Å². The SMILES string of the molecule is CCOC(=O)c1cccc(F)c1C(=O)C(C)Cl. The number of ketones is 1. The molecule has 0 aromatic heterocycles. The zero-order valence-corrected chi connectivity index (χ0v) is 10.3. The molecule has 0 aliphatic rings. The number of carbonyl (C=O) groups excluding carboxylic acids is 2. The molecule has 0 radical (unpaired) electrons. The number of benzene rings is 1. The molecule has 0 amide bonds. The van der Waals surface area contributed by atoms with Crippen LogP contribution in [0.1, 0.15) is 34.6 Å². The molecule has 5 heteroatoms. The highest BCUT2D eigenvalue weighted by molar-refractivity contribution is 6.34. The van der Waals surface area contributed by atoms with E-state index in [9.17, 15) is 14.0 Å². The van der Waals surface area contributed by atoms with Crippen molar-refractivity contribution in [1.82, 2.24) is 0 Å². The molecule has 0 bridgehead atoms. The van der Waals surface area contributed by atoms with E-state index in [4.69, 9.17) is 16.3 Å². The quantitative estimate of drug-likeness (QED) is 0.474. The van der Waals surface area contributed by atoms with Crippen LogP contribution >= 0.6 is 11.6 Å². The summed E-state index contributed by atoms with van der Waals surface area (Å²) < 4.78 is 18.3. The summed E-state index contributed by atoms with van der Waals surface area (Å²) in [6.45, 7) is 3.20. The number of alkyl halides is 1. The first kappa shape index (κ1) is 13.6. The largest absolute Gasteiger partial charge is 0.462 e. The van der Waals surface area contributed by atoms with Crippen LogP contribution in [0.5, 0.6) is 0 Å². The summed E-state index contributed by atoms with van der Waals surface area (Å²) in [5.41, 5.74) is -0.405. The maximum absolute atomic E-state index is 13.6. The van der Waals surface area contributed by atoms with E-state index in [2.05, 4.69) is 0 Å². The lowest BCUT2D eigenvalue weighted by molar-refractivity contribution is 0.0522. The molecule has 92 valence electrons. The number of Topliss-reactive ketones (excluding diaryl/α,β-unsaturated/α-hetero) is 1. The van der Waals surface area contributed by atoms with Crippen LogP contribution in [0.15, 0.2) is 18.2 Å². The topological polar surface area (TPSA) is 43.4 Å². The predicted octanol–water partition coefficient (Wildman–Crippen LogP) is 2.81. The van der Waals surface area contributed by atoms with Crippen LogP contribution in [0, 0.1) is 5.82 Å². The minimum Gasteiger partial charge on any atom is -0.462 e. The van der Waals surface area contributed by atoms with Crippen molar-refractivity contribution in [3.63, 3.8) is 0 Å². The summed E-state index contributed by atoms with van der Waals surface area (Å²) in [4.78, 5) is 23.3. The molecule has 17 heavy (non-hydrogen) atoms. The lowest BCUT2D eigenvalue weighted by Crippen LogP contribution is -2.18. The molecule has 0 fully saturated rings. The Labute approximate surface area is 104 Å². The lowest BCUT2D eigenvalue weighted by atomic mass is 10.0. The van der Waals surface area contributed by atoms with Crippen molar-refractivity contribution >= 4 is 23.4 Å². The Kier molecular flexibility index (Phi) is 4.63. The second-order valence-corrected chi connectivity index (χ2v) is 4.02. The highest BCUT2D eigenvalue weighted by Gasteiger charge is 2.24. The van der Waals surface area contributed by atoms with Gasteiger partial charge in [0.15, 0.2) is 5.78 Å². The van der Waals surface area contributed by atoms with Crippen LogP contribution in [0.2, 0.25) is 0 Å². The van der Waals surface area contributed by atoms with Gasteiger partial charge in [-0.3, -0.25) is 4.79 Å². The average molecular weight is 259 g/mol. The smallest absolute Gasteiger partial charge is 0.338 e. The molecule has 0 saturated heterocycles. The predicted molar refractivity (Wildman–Crippen MR) is 62.0 cm³/mol. The van der Waals surface area contributed by atoms with Gasteiger partial charge in [-0.2, -0.15) is 0 Å². The number of esters is 1. The molecule has 0 N–H and O–H groups in total. The third-order valence-electron chi connectivity index (χ3n) is 2.12. The van der Waals surface area contributed by atoms with Crippen molar-refractivity contribution in [3.8, 4) is 0 Å². The first-order valence-corrected chi connectivity index (χ1v) is 5.56. The van der Waals surface area contributed by atoms with E-state index in [1.165, 1.54) is 19.1 Å². The second-order valence-electron chi connectivity index (χ2n) is 3.36. The number of hydrogen-bond acceptors (Lipinski definition) is 3. The zero-order valence-electron chi connectivity index (χ0n) is 9.50. The third-order valence-corrected chi connectivity index (χ3v) is 2.31. The first-order valence-electron chi connectivity index (χ1n) is 5.13. The molecule has 0 saturated carbocycles. The molecule has 1 atom stereocenters. The summed E-state index contributed by atoms with van der Waals surface area (Å²) in [6.07, 6.45) is 0. The Hall–Kier alpha value is -1.42. The molecule has 3 nitrogen and oxygen atoms in total. The normalized spacial score (nSPS) is 12.0. The zero-order chi connectivity index (χ0) is 13.0. The summed E-state index contributed by atoms with van der Waals surface area (Å²) in [5, 5.41) is -0.903. The molecule has 1 aromatic rings. The summed E-state index contributed by atoms with van der Waals surface area (Å²) in [7, 11) is 0. The highest BCUT2D eigenvalue weighted by Crippen LogP contribution is 2.18. The van der Waals surface area contributed by atoms with E-state index < -0.39 is 22.9 Å². The van der Waals surface area contributed by atoms with E-state index in [0.717, 1.165) is 6.07 Å². The van der Waals surface area contributed by atoms with Gasteiger partial charge >= 0.3 is 5.97 Å². The second kappa shape index (κ2) is 5.77. The fourth-order valence-electron chi connectivity index (χ4n) is 1.35. The number of halogens is 2. The van der Waals surface area contributed by atoms with Gasteiger partial charge in [0.25, 0.3) is 0 Å². The van der Waals surface area contributed by atoms with Crippen molar-refractivity contribution in [2.24, 2.45) is 0 Å². The Bertz CT molecular complexity index is 443. The number of hydrogen-bond donors (Lipinski definition) is 0. The maximum atomic E-state index is 13.6.